The normalized spacial score (nSPS) is 16.5. The summed E-state index contributed by atoms with van der Waals surface area (Å²) in [5.74, 6) is 0.543. The lowest BCUT2D eigenvalue weighted by atomic mass is 9.93. The van der Waals surface area contributed by atoms with E-state index in [1.54, 1.807) is 0 Å². The Morgan fingerprint density at radius 2 is 2.05 bits per heavy atom. The standard InChI is InChI=1S/C19H25ClN2/c1-14-11-15(12-20)17-9-6-10-21-19(17)18(14)13-22(2)16-7-4-3-5-8-16/h6,9-11,16H,3-5,7-8,12-13H2,1-2H3. The molecule has 0 radical (unpaired) electrons. The second-order valence-corrected chi connectivity index (χ2v) is 6.84. The Morgan fingerprint density at radius 3 is 2.77 bits per heavy atom. The van der Waals surface area contributed by atoms with E-state index in [4.69, 9.17) is 11.6 Å². The van der Waals surface area contributed by atoms with Gasteiger partial charge in [-0.3, -0.25) is 9.88 Å². The highest BCUT2D eigenvalue weighted by Crippen LogP contribution is 2.29. The van der Waals surface area contributed by atoms with Crippen LogP contribution in [-0.4, -0.2) is 23.0 Å². The molecule has 2 aromatic rings. The predicted molar refractivity (Wildman–Crippen MR) is 94.4 cm³/mol. The molecule has 1 aliphatic carbocycles. The van der Waals surface area contributed by atoms with Gasteiger partial charge < -0.3 is 0 Å². The van der Waals surface area contributed by atoms with Gasteiger partial charge in [0.15, 0.2) is 0 Å². The highest BCUT2D eigenvalue weighted by molar-refractivity contribution is 6.18. The van der Waals surface area contributed by atoms with Gasteiger partial charge in [-0.1, -0.05) is 31.4 Å². The van der Waals surface area contributed by atoms with Crippen LogP contribution in [0.1, 0.15) is 48.8 Å². The van der Waals surface area contributed by atoms with Crippen molar-refractivity contribution in [2.24, 2.45) is 0 Å². The zero-order valence-electron chi connectivity index (χ0n) is 13.6. The lowest BCUT2D eigenvalue weighted by Gasteiger charge is -2.32. The van der Waals surface area contributed by atoms with E-state index in [0.717, 1.165) is 18.1 Å². The molecule has 3 rings (SSSR count). The molecule has 0 bridgehead atoms. The second kappa shape index (κ2) is 6.97. The fraction of sp³-hybridized carbons (Fsp3) is 0.526. The van der Waals surface area contributed by atoms with Gasteiger partial charge in [0.1, 0.15) is 0 Å². The first kappa shape index (κ1) is 15.8. The zero-order valence-corrected chi connectivity index (χ0v) is 14.4. The Labute approximate surface area is 138 Å². The molecular formula is C19H25ClN2. The molecule has 3 heteroatoms. The van der Waals surface area contributed by atoms with Gasteiger partial charge in [-0.25, -0.2) is 0 Å². The summed E-state index contributed by atoms with van der Waals surface area (Å²) >= 11 is 6.12. The van der Waals surface area contributed by atoms with Crippen LogP contribution >= 0.6 is 11.6 Å². The molecule has 0 atom stereocenters. The SMILES string of the molecule is Cc1cc(CCl)c2cccnc2c1CN(C)C1CCCCC1. The van der Waals surface area contributed by atoms with Gasteiger partial charge in [-0.05, 0) is 49.6 Å². The molecule has 0 saturated heterocycles. The van der Waals surface area contributed by atoms with E-state index >= 15 is 0 Å². The number of alkyl halides is 1. The molecule has 0 N–H and O–H groups in total. The molecule has 0 amide bonds. The number of hydrogen-bond acceptors (Lipinski definition) is 2. The first-order chi connectivity index (χ1) is 10.7. The van der Waals surface area contributed by atoms with E-state index < -0.39 is 0 Å². The first-order valence-corrected chi connectivity index (χ1v) is 8.86. The van der Waals surface area contributed by atoms with Crippen LogP contribution in [0, 0.1) is 6.92 Å². The second-order valence-electron chi connectivity index (χ2n) is 6.57. The number of rotatable bonds is 4. The maximum atomic E-state index is 6.12. The Morgan fingerprint density at radius 1 is 1.27 bits per heavy atom. The van der Waals surface area contributed by atoms with Gasteiger partial charge in [-0.2, -0.15) is 0 Å². The van der Waals surface area contributed by atoms with Crippen molar-refractivity contribution in [2.45, 2.75) is 57.5 Å². The Balaban J connectivity index is 1.94. The van der Waals surface area contributed by atoms with Crippen LogP contribution in [0.25, 0.3) is 10.9 Å². The summed E-state index contributed by atoms with van der Waals surface area (Å²) in [6.07, 6.45) is 8.71. The highest BCUT2D eigenvalue weighted by atomic mass is 35.5. The maximum Gasteiger partial charge on any atom is 0.0752 e. The fourth-order valence-electron chi connectivity index (χ4n) is 3.73. The summed E-state index contributed by atoms with van der Waals surface area (Å²) < 4.78 is 0. The van der Waals surface area contributed by atoms with Crippen LogP contribution < -0.4 is 0 Å². The molecule has 2 nitrogen and oxygen atoms in total. The Bertz CT molecular complexity index is 647. The van der Waals surface area contributed by atoms with Gasteiger partial charge in [0.2, 0.25) is 0 Å². The highest BCUT2D eigenvalue weighted by Gasteiger charge is 2.20. The van der Waals surface area contributed by atoms with Gasteiger partial charge in [0.05, 0.1) is 5.52 Å². The Hall–Kier alpha value is -1.12. The number of nitrogens with zero attached hydrogens (tertiary/aromatic N) is 2. The van der Waals surface area contributed by atoms with Crippen LogP contribution in [-0.2, 0) is 12.4 Å². The number of pyridine rings is 1. The van der Waals surface area contributed by atoms with Crippen molar-refractivity contribution in [2.75, 3.05) is 7.05 Å². The molecule has 0 unspecified atom stereocenters. The molecule has 1 aliphatic rings. The molecule has 118 valence electrons. The molecule has 22 heavy (non-hydrogen) atoms. The number of hydrogen-bond donors (Lipinski definition) is 0. The lowest BCUT2D eigenvalue weighted by molar-refractivity contribution is 0.185. The van der Waals surface area contributed by atoms with Crippen LogP contribution in [0.15, 0.2) is 24.4 Å². The van der Waals surface area contributed by atoms with Crippen LogP contribution in [0.4, 0.5) is 0 Å². The van der Waals surface area contributed by atoms with Crippen molar-refractivity contribution in [3.05, 3.63) is 41.1 Å². The third-order valence-corrected chi connectivity index (χ3v) is 5.34. The van der Waals surface area contributed by atoms with Crippen molar-refractivity contribution in [1.29, 1.82) is 0 Å². The third-order valence-electron chi connectivity index (χ3n) is 5.06. The molecule has 1 fully saturated rings. The number of aromatic nitrogens is 1. The van der Waals surface area contributed by atoms with Crippen LogP contribution in [0.2, 0.25) is 0 Å². The minimum absolute atomic E-state index is 0.543. The molecular weight excluding hydrogens is 292 g/mol. The van der Waals surface area contributed by atoms with Gasteiger partial charge >= 0.3 is 0 Å². The van der Waals surface area contributed by atoms with Gasteiger partial charge in [0, 0.05) is 30.0 Å². The van der Waals surface area contributed by atoms with E-state index in [1.807, 2.05) is 12.3 Å². The summed E-state index contributed by atoms with van der Waals surface area (Å²) in [5.41, 5.74) is 4.98. The van der Waals surface area contributed by atoms with Gasteiger partial charge in [-0.15, -0.1) is 11.6 Å². The average molecular weight is 317 g/mol. The quantitative estimate of drug-likeness (QED) is 0.734. The van der Waals surface area contributed by atoms with Crippen molar-refractivity contribution in [3.63, 3.8) is 0 Å². The lowest BCUT2D eigenvalue weighted by Crippen LogP contribution is -2.33. The summed E-state index contributed by atoms with van der Waals surface area (Å²) in [5, 5.41) is 1.20. The minimum atomic E-state index is 0.543. The average Bonchev–Trinajstić information content (AvgIpc) is 2.57. The van der Waals surface area contributed by atoms with Crippen molar-refractivity contribution < 1.29 is 0 Å². The van der Waals surface area contributed by atoms with Crippen molar-refractivity contribution in [1.82, 2.24) is 9.88 Å². The molecule has 1 aromatic heterocycles. The van der Waals surface area contributed by atoms with E-state index in [2.05, 4.69) is 36.0 Å². The molecule has 1 heterocycles. The van der Waals surface area contributed by atoms with E-state index in [-0.39, 0.29) is 0 Å². The largest absolute Gasteiger partial charge is 0.299 e. The third kappa shape index (κ3) is 3.13. The smallest absolute Gasteiger partial charge is 0.0752 e. The van der Waals surface area contributed by atoms with Crippen LogP contribution in [0.5, 0.6) is 0 Å². The monoisotopic (exact) mass is 316 g/mol. The minimum Gasteiger partial charge on any atom is -0.299 e. The molecule has 1 aromatic carbocycles. The number of aryl methyl sites for hydroxylation is 1. The Kier molecular flexibility index (Phi) is 5.00. The first-order valence-electron chi connectivity index (χ1n) is 8.33. The summed E-state index contributed by atoms with van der Waals surface area (Å²) in [4.78, 5) is 7.19. The molecule has 1 saturated carbocycles. The number of halogens is 1. The van der Waals surface area contributed by atoms with E-state index in [9.17, 15) is 0 Å². The van der Waals surface area contributed by atoms with E-state index in [0.29, 0.717) is 5.88 Å². The maximum absolute atomic E-state index is 6.12. The predicted octanol–water partition coefficient (Wildman–Crippen LogP) is 5.05. The number of fused-ring (bicyclic) bond motifs is 1. The fourth-order valence-corrected chi connectivity index (χ4v) is 3.95. The molecule has 0 aliphatic heterocycles. The van der Waals surface area contributed by atoms with Crippen molar-refractivity contribution >= 4 is 22.5 Å². The van der Waals surface area contributed by atoms with Gasteiger partial charge in [0.25, 0.3) is 0 Å². The van der Waals surface area contributed by atoms with Crippen molar-refractivity contribution in [3.8, 4) is 0 Å². The van der Waals surface area contributed by atoms with Crippen LogP contribution in [0.3, 0.4) is 0 Å². The summed E-state index contributed by atoms with van der Waals surface area (Å²) in [6.45, 7) is 3.17. The summed E-state index contributed by atoms with van der Waals surface area (Å²) in [7, 11) is 2.26. The van der Waals surface area contributed by atoms with E-state index in [1.165, 1.54) is 54.2 Å². The number of benzene rings is 1. The zero-order chi connectivity index (χ0) is 15.5. The topological polar surface area (TPSA) is 16.1 Å². The molecule has 0 spiro atoms. The summed E-state index contributed by atoms with van der Waals surface area (Å²) in [6, 6.07) is 7.10.